The molecule has 2 N–H and O–H groups in total. The van der Waals surface area contributed by atoms with E-state index in [1.165, 1.54) is 11.3 Å². The topological polar surface area (TPSA) is 58.6 Å². The third-order valence-corrected chi connectivity index (χ3v) is 4.25. The second kappa shape index (κ2) is 6.74. The molecule has 4 nitrogen and oxygen atoms in total. The Labute approximate surface area is 128 Å². The van der Waals surface area contributed by atoms with Crippen LogP contribution >= 0.6 is 11.3 Å². The summed E-state index contributed by atoms with van der Waals surface area (Å²) in [4.78, 5) is 12.1. The van der Waals surface area contributed by atoms with Gasteiger partial charge in [-0.05, 0) is 42.5 Å². The van der Waals surface area contributed by atoms with Crippen molar-refractivity contribution in [2.24, 2.45) is 0 Å². The fourth-order valence-corrected chi connectivity index (χ4v) is 2.87. The predicted octanol–water partition coefficient (Wildman–Crippen LogP) is 2.92. The molecule has 0 saturated heterocycles. The SMILES string of the molecule is COc1ccc(C(O)C(C)NC(=O)c2cscc2C)cc1. The number of carbonyl (C=O) groups is 1. The molecule has 2 atom stereocenters. The molecule has 0 aliphatic heterocycles. The van der Waals surface area contributed by atoms with E-state index in [-0.39, 0.29) is 11.9 Å². The highest BCUT2D eigenvalue weighted by atomic mass is 32.1. The summed E-state index contributed by atoms with van der Waals surface area (Å²) in [6.07, 6.45) is -0.765. The van der Waals surface area contributed by atoms with Crippen LogP contribution < -0.4 is 10.1 Å². The number of methoxy groups -OCH3 is 1. The molecule has 0 radical (unpaired) electrons. The molecular formula is C16H19NO3S. The average molecular weight is 305 g/mol. The molecule has 21 heavy (non-hydrogen) atoms. The van der Waals surface area contributed by atoms with Crippen LogP contribution in [-0.2, 0) is 0 Å². The van der Waals surface area contributed by atoms with Crippen molar-refractivity contribution < 1.29 is 14.6 Å². The number of nitrogens with one attached hydrogen (secondary N) is 1. The molecule has 0 bridgehead atoms. The zero-order chi connectivity index (χ0) is 15.4. The number of ether oxygens (including phenoxy) is 1. The molecular weight excluding hydrogens is 286 g/mol. The van der Waals surface area contributed by atoms with Gasteiger partial charge in [-0.25, -0.2) is 0 Å². The van der Waals surface area contributed by atoms with Gasteiger partial charge in [-0.2, -0.15) is 11.3 Å². The van der Waals surface area contributed by atoms with E-state index in [1.54, 1.807) is 38.3 Å². The highest BCUT2D eigenvalue weighted by Gasteiger charge is 2.20. The maximum absolute atomic E-state index is 12.1. The number of aliphatic hydroxyl groups is 1. The zero-order valence-electron chi connectivity index (χ0n) is 12.3. The van der Waals surface area contributed by atoms with Gasteiger partial charge < -0.3 is 15.2 Å². The van der Waals surface area contributed by atoms with Gasteiger partial charge in [0.2, 0.25) is 0 Å². The van der Waals surface area contributed by atoms with Crippen LogP contribution in [0.4, 0.5) is 0 Å². The lowest BCUT2D eigenvalue weighted by molar-refractivity contribution is 0.0852. The summed E-state index contributed by atoms with van der Waals surface area (Å²) in [5.41, 5.74) is 2.35. The number of aryl methyl sites for hydroxylation is 1. The highest BCUT2D eigenvalue weighted by molar-refractivity contribution is 7.08. The zero-order valence-corrected chi connectivity index (χ0v) is 13.1. The molecule has 2 aromatic rings. The van der Waals surface area contributed by atoms with Gasteiger partial charge in [0, 0.05) is 5.38 Å². The number of hydrogen-bond donors (Lipinski definition) is 2. The third kappa shape index (κ3) is 3.62. The van der Waals surface area contributed by atoms with Gasteiger partial charge in [0.05, 0.1) is 24.8 Å². The van der Waals surface area contributed by atoms with Gasteiger partial charge in [0.15, 0.2) is 0 Å². The van der Waals surface area contributed by atoms with E-state index >= 15 is 0 Å². The van der Waals surface area contributed by atoms with E-state index in [4.69, 9.17) is 4.74 Å². The Morgan fingerprint density at radius 1 is 1.29 bits per heavy atom. The van der Waals surface area contributed by atoms with E-state index in [0.29, 0.717) is 5.56 Å². The number of benzene rings is 1. The van der Waals surface area contributed by atoms with Crippen LogP contribution in [0.5, 0.6) is 5.75 Å². The minimum absolute atomic E-state index is 0.159. The molecule has 1 aromatic heterocycles. The Morgan fingerprint density at radius 3 is 2.48 bits per heavy atom. The van der Waals surface area contributed by atoms with Gasteiger partial charge in [0.1, 0.15) is 5.75 Å². The Morgan fingerprint density at radius 2 is 1.95 bits per heavy atom. The van der Waals surface area contributed by atoms with Gasteiger partial charge >= 0.3 is 0 Å². The Balaban J connectivity index is 2.03. The summed E-state index contributed by atoms with van der Waals surface area (Å²) < 4.78 is 5.09. The molecule has 0 spiro atoms. The predicted molar refractivity (Wildman–Crippen MR) is 83.9 cm³/mol. The standard InChI is InChI=1S/C16H19NO3S/c1-10-8-21-9-14(10)16(19)17-11(2)15(18)12-4-6-13(20-3)7-5-12/h4-9,11,15,18H,1-3H3,(H,17,19). The van der Waals surface area contributed by atoms with E-state index in [0.717, 1.165) is 16.9 Å². The number of aliphatic hydroxyl groups excluding tert-OH is 1. The monoisotopic (exact) mass is 305 g/mol. The quantitative estimate of drug-likeness (QED) is 0.893. The van der Waals surface area contributed by atoms with Gasteiger partial charge in [-0.1, -0.05) is 12.1 Å². The van der Waals surface area contributed by atoms with Crippen molar-refractivity contribution in [3.63, 3.8) is 0 Å². The molecule has 0 fully saturated rings. The number of hydrogen-bond acceptors (Lipinski definition) is 4. The molecule has 1 heterocycles. The fraction of sp³-hybridized carbons (Fsp3) is 0.312. The van der Waals surface area contributed by atoms with Crippen molar-refractivity contribution in [2.75, 3.05) is 7.11 Å². The molecule has 0 aliphatic carbocycles. The highest BCUT2D eigenvalue weighted by Crippen LogP contribution is 2.21. The van der Waals surface area contributed by atoms with Crippen LogP contribution in [0.15, 0.2) is 35.0 Å². The summed E-state index contributed by atoms with van der Waals surface area (Å²) in [6.45, 7) is 3.69. The van der Waals surface area contributed by atoms with Gasteiger partial charge in [0.25, 0.3) is 5.91 Å². The van der Waals surface area contributed by atoms with Crippen LogP contribution in [0.3, 0.4) is 0 Å². The minimum Gasteiger partial charge on any atom is -0.497 e. The largest absolute Gasteiger partial charge is 0.497 e. The van der Waals surface area contributed by atoms with Crippen LogP contribution in [-0.4, -0.2) is 24.2 Å². The molecule has 112 valence electrons. The van der Waals surface area contributed by atoms with Crippen molar-refractivity contribution in [1.29, 1.82) is 0 Å². The maximum Gasteiger partial charge on any atom is 0.252 e. The lowest BCUT2D eigenvalue weighted by Crippen LogP contribution is -2.37. The van der Waals surface area contributed by atoms with Crippen LogP contribution in [0.1, 0.15) is 34.5 Å². The normalized spacial score (nSPS) is 13.5. The molecule has 0 aliphatic rings. The molecule has 2 rings (SSSR count). The van der Waals surface area contributed by atoms with E-state index in [9.17, 15) is 9.90 Å². The third-order valence-electron chi connectivity index (χ3n) is 3.39. The molecule has 1 amide bonds. The number of amides is 1. The minimum atomic E-state index is -0.765. The molecule has 2 unspecified atom stereocenters. The van der Waals surface area contributed by atoms with Gasteiger partial charge in [-0.3, -0.25) is 4.79 Å². The van der Waals surface area contributed by atoms with Crippen LogP contribution in [0.25, 0.3) is 0 Å². The first-order valence-corrected chi connectivity index (χ1v) is 7.63. The Kier molecular flexibility index (Phi) is 4.98. The van der Waals surface area contributed by atoms with E-state index < -0.39 is 6.10 Å². The maximum atomic E-state index is 12.1. The van der Waals surface area contributed by atoms with Crippen LogP contribution in [0.2, 0.25) is 0 Å². The summed E-state index contributed by atoms with van der Waals surface area (Å²) >= 11 is 1.49. The first-order chi connectivity index (χ1) is 10.0. The molecule has 5 heteroatoms. The smallest absolute Gasteiger partial charge is 0.252 e. The summed E-state index contributed by atoms with van der Waals surface area (Å²) in [5.74, 6) is 0.574. The van der Waals surface area contributed by atoms with Crippen molar-refractivity contribution in [3.05, 3.63) is 51.7 Å². The summed E-state index contributed by atoms with van der Waals surface area (Å²) in [6, 6.07) is 6.78. The van der Waals surface area contributed by atoms with Crippen molar-refractivity contribution in [2.45, 2.75) is 26.0 Å². The van der Waals surface area contributed by atoms with Crippen molar-refractivity contribution >= 4 is 17.2 Å². The molecule has 1 aromatic carbocycles. The van der Waals surface area contributed by atoms with E-state index in [1.807, 2.05) is 17.7 Å². The second-order valence-corrected chi connectivity index (χ2v) is 5.69. The number of thiophene rings is 1. The lowest BCUT2D eigenvalue weighted by Gasteiger charge is -2.21. The molecule has 0 saturated carbocycles. The lowest BCUT2D eigenvalue weighted by atomic mass is 10.0. The Hall–Kier alpha value is -1.85. The van der Waals surface area contributed by atoms with Crippen LogP contribution in [0, 0.1) is 6.92 Å². The van der Waals surface area contributed by atoms with Crippen molar-refractivity contribution in [3.8, 4) is 5.75 Å². The first kappa shape index (κ1) is 15.5. The van der Waals surface area contributed by atoms with E-state index in [2.05, 4.69) is 5.32 Å². The summed E-state index contributed by atoms with van der Waals surface area (Å²) in [7, 11) is 1.59. The summed E-state index contributed by atoms with van der Waals surface area (Å²) in [5, 5.41) is 16.9. The average Bonchev–Trinajstić information content (AvgIpc) is 2.92. The second-order valence-electron chi connectivity index (χ2n) is 4.95. The number of carbonyl (C=O) groups excluding carboxylic acids is 1. The van der Waals surface area contributed by atoms with Gasteiger partial charge in [-0.15, -0.1) is 0 Å². The Bertz CT molecular complexity index is 606. The fourth-order valence-electron chi connectivity index (χ4n) is 2.05. The first-order valence-electron chi connectivity index (χ1n) is 6.68. The van der Waals surface area contributed by atoms with Crippen molar-refractivity contribution in [1.82, 2.24) is 5.32 Å². The number of rotatable bonds is 5.